The molecule has 0 aliphatic carbocycles. The maximum Gasteiger partial charge on any atom is 0.00363 e. The van der Waals surface area contributed by atoms with Crippen LogP contribution < -0.4 is 5.73 Å². The van der Waals surface area contributed by atoms with Crippen molar-refractivity contribution in [3.63, 3.8) is 0 Å². The Balaban J connectivity index is 0. The van der Waals surface area contributed by atoms with Gasteiger partial charge in [0, 0.05) is 6.04 Å². The van der Waals surface area contributed by atoms with Crippen LogP contribution in [-0.2, 0) is 0 Å². The summed E-state index contributed by atoms with van der Waals surface area (Å²) in [5.74, 6) is 0.808. The lowest BCUT2D eigenvalue weighted by atomic mass is 10.0. The largest absolute Gasteiger partial charge is 0.328 e. The molecular weight excluding hydrogens is 122 g/mol. The molecular formula is C9H23N. The molecule has 0 aliphatic heterocycles. The van der Waals surface area contributed by atoms with Crippen molar-refractivity contribution in [1.82, 2.24) is 0 Å². The fourth-order valence-electron chi connectivity index (χ4n) is 0.752. The predicted octanol–water partition coefficient (Wildman–Crippen LogP) is 2.80. The monoisotopic (exact) mass is 145 g/mol. The van der Waals surface area contributed by atoms with Crippen LogP contribution in [0.1, 0.15) is 47.5 Å². The third-order valence-corrected chi connectivity index (χ3v) is 1.64. The highest BCUT2D eigenvalue weighted by molar-refractivity contribution is 4.58. The lowest BCUT2D eigenvalue weighted by molar-refractivity contribution is 0.489. The van der Waals surface area contributed by atoms with Gasteiger partial charge in [-0.05, 0) is 25.2 Å². The molecule has 0 saturated carbocycles. The highest BCUT2D eigenvalue weighted by Crippen LogP contribution is 2.06. The van der Waals surface area contributed by atoms with Gasteiger partial charge in [0.1, 0.15) is 0 Å². The summed E-state index contributed by atoms with van der Waals surface area (Å²) in [6.07, 6.45) is 3.58. The summed E-state index contributed by atoms with van der Waals surface area (Å²) in [4.78, 5) is 0. The topological polar surface area (TPSA) is 26.0 Å². The molecule has 0 saturated heterocycles. The van der Waals surface area contributed by atoms with Crippen LogP contribution in [-0.4, -0.2) is 6.04 Å². The molecule has 0 heterocycles. The van der Waals surface area contributed by atoms with E-state index >= 15 is 0 Å². The minimum Gasteiger partial charge on any atom is -0.328 e. The zero-order chi connectivity index (χ0) is 7.28. The van der Waals surface area contributed by atoms with Crippen LogP contribution in [0, 0.1) is 5.92 Å². The van der Waals surface area contributed by atoms with Crippen LogP contribution in [0.15, 0.2) is 0 Å². The van der Waals surface area contributed by atoms with E-state index in [1.54, 1.807) is 0 Å². The van der Waals surface area contributed by atoms with Gasteiger partial charge < -0.3 is 5.73 Å². The van der Waals surface area contributed by atoms with Gasteiger partial charge in [0.15, 0.2) is 0 Å². The molecule has 1 atom stereocenters. The van der Waals surface area contributed by atoms with Crippen LogP contribution in [0.4, 0.5) is 0 Å². The SMILES string of the molecule is C.CCC(N)CCC(C)C. The van der Waals surface area contributed by atoms with Crippen molar-refractivity contribution in [2.24, 2.45) is 11.7 Å². The molecule has 0 fully saturated rings. The van der Waals surface area contributed by atoms with Gasteiger partial charge in [0.05, 0.1) is 0 Å². The van der Waals surface area contributed by atoms with Crippen molar-refractivity contribution in [2.45, 2.75) is 53.5 Å². The summed E-state index contributed by atoms with van der Waals surface area (Å²) >= 11 is 0. The minimum atomic E-state index is 0. The van der Waals surface area contributed by atoms with E-state index in [9.17, 15) is 0 Å². The van der Waals surface area contributed by atoms with Crippen LogP contribution in [0.2, 0.25) is 0 Å². The molecule has 1 nitrogen and oxygen atoms in total. The van der Waals surface area contributed by atoms with Crippen molar-refractivity contribution < 1.29 is 0 Å². The molecule has 0 aliphatic rings. The highest BCUT2D eigenvalue weighted by atomic mass is 14.6. The molecule has 0 bridgehead atoms. The number of hydrogen-bond acceptors (Lipinski definition) is 1. The van der Waals surface area contributed by atoms with E-state index in [-0.39, 0.29) is 7.43 Å². The predicted molar refractivity (Wildman–Crippen MR) is 49.1 cm³/mol. The van der Waals surface area contributed by atoms with E-state index in [1.807, 2.05) is 0 Å². The maximum absolute atomic E-state index is 5.72. The maximum atomic E-state index is 5.72. The normalized spacial score (nSPS) is 12.9. The standard InChI is InChI=1S/C8H19N.CH4/c1-4-8(9)6-5-7(2)3;/h7-8H,4-6,9H2,1-3H3;1H4. The summed E-state index contributed by atoms with van der Waals surface area (Å²) < 4.78 is 0. The van der Waals surface area contributed by atoms with Gasteiger partial charge in [0.2, 0.25) is 0 Å². The zero-order valence-corrected chi connectivity index (χ0v) is 6.85. The second-order valence-electron chi connectivity index (χ2n) is 3.14. The van der Waals surface area contributed by atoms with Gasteiger partial charge in [0.25, 0.3) is 0 Å². The number of nitrogens with two attached hydrogens (primary N) is 1. The summed E-state index contributed by atoms with van der Waals surface area (Å²) in [5.41, 5.74) is 5.72. The molecule has 0 aromatic carbocycles. The molecule has 0 rings (SSSR count). The van der Waals surface area contributed by atoms with Crippen molar-refractivity contribution in [3.8, 4) is 0 Å². The summed E-state index contributed by atoms with van der Waals surface area (Å²) in [5, 5.41) is 0. The summed E-state index contributed by atoms with van der Waals surface area (Å²) in [7, 11) is 0. The van der Waals surface area contributed by atoms with Crippen LogP contribution in [0.3, 0.4) is 0 Å². The molecule has 64 valence electrons. The highest BCUT2D eigenvalue weighted by Gasteiger charge is 1.99. The second-order valence-corrected chi connectivity index (χ2v) is 3.14. The molecule has 0 aromatic heterocycles. The average Bonchev–Trinajstić information content (AvgIpc) is 1.83. The van der Waals surface area contributed by atoms with Crippen molar-refractivity contribution >= 4 is 0 Å². The van der Waals surface area contributed by atoms with Crippen LogP contribution >= 0.6 is 0 Å². The van der Waals surface area contributed by atoms with Crippen LogP contribution in [0.25, 0.3) is 0 Å². The van der Waals surface area contributed by atoms with Gasteiger partial charge in [-0.2, -0.15) is 0 Å². The Labute approximate surface area is 66.0 Å². The zero-order valence-electron chi connectivity index (χ0n) is 6.85. The van der Waals surface area contributed by atoms with Crippen molar-refractivity contribution in [3.05, 3.63) is 0 Å². The van der Waals surface area contributed by atoms with E-state index < -0.39 is 0 Å². The molecule has 10 heavy (non-hydrogen) atoms. The molecule has 2 N–H and O–H groups in total. The Bertz CT molecular complexity index is 59.7. The molecule has 1 unspecified atom stereocenters. The molecule has 0 aromatic rings. The van der Waals surface area contributed by atoms with E-state index in [0.29, 0.717) is 6.04 Å². The lowest BCUT2D eigenvalue weighted by Crippen LogP contribution is -2.18. The lowest BCUT2D eigenvalue weighted by Gasteiger charge is -2.09. The van der Waals surface area contributed by atoms with Gasteiger partial charge in [-0.25, -0.2) is 0 Å². The summed E-state index contributed by atoms with van der Waals surface area (Å²) in [6, 6.07) is 0.437. The van der Waals surface area contributed by atoms with Crippen molar-refractivity contribution in [2.75, 3.05) is 0 Å². The Morgan fingerprint density at radius 3 is 2.00 bits per heavy atom. The number of hydrogen-bond donors (Lipinski definition) is 1. The van der Waals surface area contributed by atoms with E-state index in [1.165, 1.54) is 12.8 Å². The fraction of sp³-hybridized carbons (Fsp3) is 1.00. The first-order chi connectivity index (χ1) is 4.16. The van der Waals surface area contributed by atoms with Gasteiger partial charge >= 0.3 is 0 Å². The van der Waals surface area contributed by atoms with E-state index in [2.05, 4.69) is 20.8 Å². The first kappa shape index (κ1) is 12.6. The Morgan fingerprint density at radius 1 is 1.20 bits per heavy atom. The molecule has 0 radical (unpaired) electrons. The van der Waals surface area contributed by atoms with E-state index in [4.69, 9.17) is 5.73 Å². The first-order valence-electron chi connectivity index (χ1n) is 3.92. The molecule has 1 heteroatoms. The third-order valence-electron chi connectivity index (χ3n) is 1.64. The quantitative estimate of drug-likeness (QED) is 0.646. The Morgan fingerprint density at radius 2 is 1.70 bits per heavy atom. The average molecular weight is 145 g/mol. The smallest absolute Gasteiger partial charge is 0.00363 e. The van der Waals surface area contributed by atoms with Gasteiger partial charge in [-0.3, -0.25) is 0 Å². The second kappa shape index (κ2) is 7.07. The Kier molecular flexibility index (Phi) is 8.92. The van der Waals surface area contributed by atoms with Crippen molar-refractivity contribution in [1.29, 1.82) is 0 Å². The molecule has 0 amide bonds. The summed E-state index contributed by atoms with van der Waals surface area (Å²) in [6.45, 7) is 6.62. The van der Waals surface area contributed by atoms with Crippen LogP contribution in [0.5, 0.6) is 0 Å². The number of rotatable bonds is 4. The molecule has 0 spiro atoms. The Hall–Kier alpha value is -0.0400. The first-order valence-corrected chi connectivity index (χ1v) is 3.92. The fourth-order valence-corrected chi connectivity index (χ4v) is 0.752. The minimum absolute atomic E-state index is 0. The van der Waals surface area contributed by atoms with Gasteiger partial charge in [-0.1, -0.05) is 28.2 Å². The third kappa shape index (κ3) is 7.96. The van der Waals surface area contributed by atoms with E-state index in [0.717, 1.165) is 12.3 Å². The van der Waals surface area contributed by atoms with Gasteiger partial charge in [-0.15, -0.1) is 0 Å².